The molecule has 4 rings (SSSR count). The lowest BCUT2D eigenvalue weighted by atomic mass is 9.65. The molecule has 1 aromatic carbocycles. The third-order valence-electron chi connectivity index (χ3n) is 7.00. The van der Waals surface area contributed by atoms with Crippen molar-refractivity contribution in [3.05, 3.63) is 47.2 Å². The second kappa shape index (κ2) is 10.3. The summed E-state index contributed by atoms with van der Waals surface area (Å²) in [6, 6.07) is 9.88. The average Bonchev–Trinajstić information content (AvgIpc) is 2.81. The third kappa shape index (κ3) is 5.01. The van der Waals surface area contributed by atoms with Crippen molar-refractivity contribution in [1.29, 1.82) is 5.26 Å². The van der Waals surface area contributed by atoms with E-state index < -0.39 is 6.10 Å². The van der Waals surface area contributed by atoms with Crippen LogP contribution in [0.25, 0.3) is 0 Å². The lowest BCUT2D eigenvalue weighted by molar-refractivity contribution is 0.0949. The molecule has 6 N–H and O–H groups in total. The van der Waals surface area contributed by atoms with Gasteiger partial charge in [-0.2, -0.15) is 10.2 Å². The summed E-state index contributed by atoms with van der Waals surface area (Å²) in [5, 5.41) is 35.4. The van der Waals surface area contributed by atoms with E-state index in [1.807, 2.05) is 18.2 Å². The SMILES string of the molecule is N#Cc1cnc(NCc2ccccc2C(O)CO)nc1NCC1C[C@H]2CCC[C@@H](C1)[C@@H]2N. The molecule has 1 heterocycles. The molecule has 5 atom stereocenters. The summed E-state index contributed by atoms with van der Waals surface area (Å²) in [6.45, 7) is 0.824. The summed E-state index contributed by atoms with van der Waals surface area (Å²) >= 11 is 0. The fourth-order valence-corrected chi connectivity index (χ4v) is 5.30. The van der Waals surface area contributed by atoms with Gasteiger partial charge in [0.1, 0.15) is 23.6 Å². The molecule has 0 spiro atoms. The highest BCUT2D eigenvalue weighted by atomic mass is 16.3. The van der Waals surface area contributed by atoms with E-state index in [9.17, 15) is 15.5 Å². The lowest BCUT2D eigenvalue weighted by Gasteiger charge is -2.44. The molecule has 0 saturated heterocycles. The highest BCUT2D eigenvalue weighted by molar-refractivity contribution is 5.53. The summed E-state index contributed by atoms with van der Waals surface area (Å²) < 4.78 is 0. The fourth-order valence-electron chi connectivity index (χ4n) is 5.30. The van der Waals surface area contributed by atoms with Crippen LogP contribution in [0.2, 0.25) is 0 Å². The van der Waals surface area contributed by atoms with E-state index in [1.54, 1.807) is 6.07 Å². The summed E-state index contributed by atoms with van der Waals surface area (Å²) in [7, 11) is 0. The Labute approximate surface area is 188 Å². The molecule has 0 amide bonds. The molecule has 2 fully saturated rings. The van der Waals surface area contributed by atoms with Crippen LogP contribution < -0.4 is 16.4 Å². The first kappa shape index (κ1) is 22.5. The van der Waals surface area contributed by atoms with Gasteiger partial charge in [0, 0.05) is 19.1 Å². The van der Waals surface area contributed by atoms with E-state index in [0.717, 1.165) is 24.9 Å². The Kier molecular flexibility index (Phi) is 7.20. The van der Waals surface area contributed by atoms with Crippen LogP contribution in [0.1, 0.15) is 54.9 Å². The van der Waals surface area contributed by atoms with E-state index in [2.05, 4.69) is 26.7 Å². The quantitative estimate of drug-likeness (QED) is 0.425. The predicted octanol–water partition coefficient (Wildman–Crippen LogP) is 2.55. The number of hydrogen-bond acceptors (Lipinski definition) is 8. The number of aliphatic hydroxyl groups is 2. The molecule has 2 aromatic rings. The minimum absolute atomic E-state index is 0.341. The minimum atomic E-state index is -0.935. The number of nitrogens with two attached hydrogens (primary N) is 1. The number of nitrogens with zero attached hydrogens (tertiary/aromatic N) is 3. The zero-order valence-corrected chi connectivity index (χ0v) is 18.2. The molecule has 32 heavy (non-hydrogen) atoms. The molecule has 2 aliphatic rings. The number of anilines is 2. The van der Waals surface area contributed by atoms with E-state index >= 15 is 0 Å². The second-order valence-corrected chi connectivity index (χ2v) is 9.07. The number of benzene rings is 1. The van der Waals surface area contributed by atoms with Crippen molar-refractivity contribution in [3.63, 3.8) is 0 Å². The molecule has 2 bridgehead atoms. The summed E-state index contributed by atoms with van der Waals surface area (Å²) in [5.74, 6) is 2.70. The van der Waals surface area contributed by atoms with Gasteiger partial charge in [-0.3, -0.25) is 0 Å². The molecular formula is C24H32N6O2. The highest BCUT2D eigenvalue weighted by Gasteiger charge is 2.37. The van der Waals surface area contributed by atoms with Gasteiger partial charge in [0.25, 0.3) is 0 Å². The fraction of sp³-hybridized carbons (Fsp3) is 0.542. The molecule has 8 heteroatoms. The zero-order valence-electron chi connectivity index (χ0n) is 18.2. The Morgan fingerprint density at radius 3 is 2.66 bits per heavy atom. The lowest BCUT2D eigenvalue weighted by Crippen LogP contribution is -2.47. The molecule has 2 saturated carbocycles. The Bertz CT molecular complexity index is 948. The normalized spacial score (nSPS) is 25.6. The van der Waals surface area contributed by atoms with Gasteiger partial charge in [-0.05, 0) is 54.6 Å². The smallest absolute Gasteiger partial charge is 0.224 e. The number of hydrogen-bond donors (Lipinski definition) is 5. The van der Waals surface area contributed by atoms with Gasteiger partial charge in [0.15, 0.2) is 0 Å². The predicted molar refractivity (Wildman–Crippen MR) is 123 cm³/mol. The van der Waals surface area contributed by atoms with E-state index in [0.29, 0.717) is 53.2 Å². The van der Waals surface area contributed by atoms with Crippen LogP contribution in [0, 0.1) is 29.1 Å². The van der Waals surface area contributed by atoms with Crippen LogP contribution in [0.4, 0.5) is 11.8 Å². The largest absolute Gasteiger partial charge is 0.393 e. The number of nitrogens with one attached hydrogen (secondary N) is 2. The van der Waals surface area contributed by atoms with Gasteiger partial charge in [-0.1, -0.05) is 30.7 Å². The van der Waals surface area contributed by atoms with Crippen molar-refractivity contribution in [2.75, 3.05) is 23.8 Å². The van der Waals surface area contributed by atoms with E-state index in [-0.39, 0.29) is 6.61 Å². The van der Waals surface area contributed by atoms with E-state index in [4.69, 9.17) is 5.73 Å². The van der Waals surface area contributed by atoms with Crippen molar-refractivity contribution >= 4 is 11.8 Å². The molecule has 0 aliphatic heterocycles. The van der Waals surface area contributed by atoms with Crippen LogP contribution in [0.5, 0.6) is 0 Å². The van der Waals surface area contributed by atoms with Crippen LogP contribution in [-0.4, -0.2) is 39.4 Å². The van der Waals surface area contributed by atoms with Gasteiger partial charge in [0.2, 0.25) is 5.95 Å². The second-order valence-electron chi connectivity index (χ2n) is 9.07. The standard InChI is InChI=1S/C24H32N6O2/c25-10-19-13-29-24(28-12-18-4-1-2-7-20(18)21(32)14-31)30-23(19)27-11-15-8-16-5-3-6-17(9-15)22(16)26/h1-2,4,7,13,15-17,21-22,31-32H,3,5-6,8-9,11-12,14,26H2,(H2,27,28,29,30)/t15?,16-,17+,21?,22-. The van der Waals surface area contributed by atoms with Gasteiger partial charge >= 0.3 is 0 Å². The van der Waals surface area contributed by atoms with Crippen molar-refractivity contribution in [2.45, 2.75) is 50.8 Å². The Balaban J connectivity index is 1.41. The first-order valence-electron chi connectivity index (χ1n) is 11.5. The van der Waals surface area contributed by atoms with Gasteiger partial charge in [-0.25, -0.2) is 4.98 Å². The van der Waals surface area contributed by atoms with Crippen molar-refractivity contribution in [3.8, 4) is 6.07 Å². The molecule has 1 aromatic heterocycles. The van der Waals surface area contributed by atoms with Crippen molar-refractivity contribution in [1.82, 2.24) is 9.97 Å². The number of fused-ring (bicyclic) bond motifs is 2. The average molecular weight is 437 g/mol. The van der Waals surface area contributed by atoms with Gasteiger partial charge in [0.05, 0.1) is 12.8 Å². The summed E-state index contributed by atoms with van der Waals surface area (Å²) in [6.07, 6.45) is 6.60. The van der Waals surface area contributed by atoms with Crippen LogP contribution >= 0.6 is 0 Å². The first-order valence-corrected chi connectivity index (χ1v) is 11.5. The van der Waals surface area contributed by atoms with E-state index in [1.165, 1.54) is 25.5 Å². The van der Waals surface area contributed by atoms with Crippen LogP contribution in [0.15, 0.2) is 30.5 Å². The number of aliphatic hydroxyl groups excluding tert-OH is 2. The molecule has 2 aliphatic carbocycles. The Morgan fingerprint density at radius 1 is 1.19 bits per heavy atom. The molecule has 0 radical (unpaired) electrons. The molecule has 2 unspecified atom stereocenters. The maximum absolute atomic E-state index is 10.0. The molecule has 170 valence electrons. The van der Waals surface area contributed by atoms with Gasteiger partial charge in [-0.15, -0.1) is 0 Å². The number of nitriles is 1. The third-order valence-corrected chi connectivity index (χ3v) is 7.00. The number of rotatable bonds is 8. The summed E-state index contributed by atoms with van der Waals surface area (Å²) in [4.78, 5) is 8.79. The molecule has 8 nitrogen and oxygen atoms in total. The minimum Gasteiger partial charge on any atom is -0.393 e. The maximum Gasteiger partial charge on any atom is 0.224 e. The Morgan fingerprint density at radius 2 is 1.94 bits per heavy atom. The molecular weight excluding hydrogens is 404 g/mol. The summed E-state index contributed by atoms with van der Waals surface area (Å²) in [5.41, 5.74) is 8.34. The first-order chi connectivity index (χ1) is 15.6. The highest BCUT2D eigenvalue weighted by Crippen LogP contribution is 2.41. The van der Waals surface area contributed by atoms with Crippen LogP contribution in [-0.2, 0) is 6.54 Å². The van der Waals surface area contributed by atoms with Crippen molar-refractivity contribution < 1.29 is 10.2 Å². The zero-order chi connectivity index (χ0) is 22.5. The monoisotopic (exact) mass is 436 g/mol. The van der Waals surface area contributed by atoms with Crippen molar-refractivity contribution in [2.24, 2.45) is 23.5 Å². The maximum atomic E-state index is 10.0. The topological polar surface area (TPSA) is 140 Å². The van der Waals surface area contributed by atoms with Crippen LogP contribution in [0.3, 0.4) is 0 Å². The number of aromatic nitrogens is 2. The Hall–Kier alpha value is -2.73. The van der Waals surface area contributed by atoms with Gasteiger partial charge < -0.3 is 26.6 Å².